The number of hydrogen-bond acceptors (Lipinski definition) is 5. The zero-order valence-corrected chi connectivity index (χ0v) is 11.3. The summed E-state index contributed by atoms with van der Waals surface area (Å²) in [5, 5.41) is 16.1. The third-order valence-electron chi connectivity index (χ3n) is 3.80. The summed E-state index contributed by atoms with van der Waals surface area (Å²) >= 11 is 0. The molecule has 106 valence electrons. The van der Waals surface area contributed by atoms with Crippen molar-refractivity contribution in [1.29, 1.82) is 0 Å². The number of aromatic nitrogens is 2. The van der Waals surface area contributed by atoms with Gasteiger partial charge in [0.15, 0.2) is 5.82 Å². The topological polar surface area (TPSA) is 88.2 Å². The summed E-state index contributed by atoms with van der Waals surface area (Å²) in [4.78, 5) is 15.8. The summed E-state index contributed by atoms with van der Waals surface area (Å²) in [7, 11) is 0. The fourth-order valence-electron chi connectivity index (χ4n) is 2.60. The Morgan fingerprint density at radius 1 is 1.42 bits per heavy atom. The predicted molar refractivity (Wildman–Crippen MR) is 68.4 cm³/mol. The van der Waals surface area contributed by atoms with Crippen molar-refractivity contribution < 1.29 is 14.4 Å². The molecule has 1 saturated carbocycles. The number of carbonyl (C=O) groups excluding carboxylic acids is 1. The average molecular weight is 267 g/mol. The Morgan fingerprint density at radius 3 is 2.74 bits per heavy atom. The van der Waals surface area contributed by atoms with E-state index in [1.165, 1.54) is 6.42 Å². The van der Waals surface area contributed by atoms with Gasteiger partial charge in [-0.2, -0.15) is 4.98 Å². The molecule has 6 heteroatoms. The van der Waals surface area contributed by atoms with Crippen LogP contribution in [0.4, 0.5) is 0 Å². The number of nitrogens with one attached hydrogen (secondary N) is 1. The highest BCUT2D eigenvalue weighted by molar-refractivity contribution is 5.77. The number of aryl methyl sites for hydroxylation is 1. The molecular weight excluding hydrogens is 246 g/mol. The summed E-state index contributed by atoms with van der Waals surface area (Å²) in [6, 6.07) is 0. The van der Waals surface area contributed by atoms with Gasteiger partial charge in [-0.1, -0.05) is 24.4 Å². The van der Waals surface area contributed by atoms with E-state index >= 15 is 0 Å². The quantitative estimate of drug-likeness (QED) is 0.830. The maximum absolute atomic E-state index is 11.8. The Kier molecular flexibility index (Phi) is 4.52. The largest absolute Gasteiger partial charge is 0.396 e. The molecule has 1 aliphatic carbocycles. The Bertz CT molecular complexity index is 425. The Hall–Kier alpha value is -1.43. The fraction of sp³-hybridized carbons (Fsp3) is 0.769. The van der Waals surface area contributed by atoms with Crippen LogP contribution in [0.1, 0.15) is 43.8 Å². The fourth-order valence-corrected chi connectivity index (χ4v) is 2.60. The van der Waals surface area contributed by atoms with E-state index in [4.69, 9.17) is 4.52 Å². The molecule has 0 unspecified atom stereocenters. The molecule has 0 aliphatic heterocycles. The first-order valence-corrected chi connectivity index (χ1v) is 6.80. The second-order valence-corrected chi connectivity index (χ2v) is 5.40. The molecule has 6 nitrogen and oxygen atoms in total. The van der Waals surface area contributed by atoms with Crippen molar-refractivity contribution >= 4 is 5.91 Å². The highest BCUT2D eigenvalue weighted by Crippen LogP contribution is 2.35. The van der Waals surface area contributed by atoms with Crippen molar-refractivity contribution in [3.05, 3.63) is 11.7 Å². The van der Waals surface area contributed by atoms with Crippen LogP contribution in [0, 0.1) is 12.3 Å². The number of hydrogen-bond donors (Lipinski definition) is 2. The lowest BCUT2D eigenvalue weighted by Crippen LogP contribution is -2.42. The van der Waals surface area contributed by atoms with Gasteiger partial charge >= 0.3 is 0 Å². The summed E-state index contributed by atoms with van der Waals surface area (Å²) in [5.41, 5.74) is -0.138. The zero-order valence-electron chi connectivity index (χ0n) is 11.3. The number of aliphatic hydroxyl groups is 1. The monoisotopic (exact) mass is 267 g/mol. The Morgan fingerprint density at radius 2 is 2.16 bits per heavy atom. The van der Waals surface area contributed by atoms with Crippen LogP contribution in [0.25, 0.3) is 0 Å². The van der Waals surface area contributed by atoms with E-state index in [1.54, 1.807) is 6.92 Å². The molecule has 0 spiro atoms. The molecule has 1 fully saturated rings. The maximum atomic E-state index is 11.8. The Labute approximate surface area is 112 Å². The highest BCUT2D eigenvalue weighted by Gasteiger charge is 2.31. The van der Waals surface area contributed by atoms with Gasteiger partial charge in [0.2, 0.25) is 11.8 Å². The standard InChI is InChI=1S/C13H21N3O3/c1-10-15-11(16-19-10)7-12(18)14-8-13(9-17)5-3-2-4-6-13/h17H,2-9H2,1H3,(H,14,18). The van der Waals surface area contributed by atoms with Gasteiger partial charge in [0, 0.05) is 18.9 Å². The normalized spacial score (nSPS) is 18.2. The molecule has 1 aliphatic rings. The molecule has 1 aromatic rings. The van der Waals surface area contributed by atoms with Crippen molar-refractivity contribution in [2.24, 2.45) is 5.41 Å². The summed E-state index contributed by atoms with van der Waals surface area (Å²) in [6.07, 6.45) is 5.55. The molecule has 1 aromatic heterocycles. The second kappa shape index (κ2) is 6.14. The smallest absolute Gasteiger partial charge is 0.227 e. The van der Waals surface area contributed by atoms with Crippen molar-refractivity contribution in [2.75, 3.05) is 13.2 Å². The molecule has 0 saturated heterocycles. The minimum absolute atomic E-state index is 0.124. The lowest BCUT2D eigenvalue weighted by Gasteiger charge is -2.35. The predicted octanol–water partition coefficient (Wildman–Crippen LogP) is 0.980. The molecule has 1 heterocycles. The molecule has 2 N–H and O–H groups in total. The molecule has 19 heavy (non-hydrogen) atoms. The number of carbonyl (C=O) groups is 1. The van der Waals surface area contributed by atoms with Crippen LogP contribution in [0.5, 0.6) is 0 Å². The molecule has 2 rings (SSSR count). The van der Waals surface area contributed by atoms with E-state index < -0.39 is 0 Å². The summed E-state index contributed by atoms with van der Waals surface area (Å²) in [6.45, 7) is 2.35. The first kappa shape index (κ1) is 14.0. The van der Waals surface area contributed by atoms with Crippen LogP contribution in [-0.2, 0) is 11.2 Å². The van der Waals surface area contributed by atoms with E-state index in [-0.39, 0.29) is 24.3 Å². The van der Waals surface area contributed by atoms with Crippen LogP contribution < -0.4 is 5.32 Å². The van der Waals surface area contributed by atoms with Gasteiger partial charge < -0.3 is 14.9 Å². The van der Waals surface area contributed by atoms with Gasteiger partial charge in [-0.15, -0.1) is 0 Å². The summed E-state index contributed by atoms with van der Waals surface area (Å²) in [5.74, 6) is 0.734. The van der Waals surface area contributed by atoms with E-state index in [9.17, 15) is 9.90 Å². The maximum Gasteiger partial charge on any atom is 0.227 e. The molecular formula is C13H21N3O3. The van der Waals surface area contributed by atoms with Gasteiger partial charge in [0.1, 0.15) is 0 Å². The van der Waals surface area contributed by atoms with Gasteiger partial charge in [-0.25, -0.2) is 0 Å². The van der Waals surface area contributed by atoms with E-state index in [1.807, 2.05) is 0 Å². The average Bonchev–Trinajstić information content (AvgIpc) is 2.83. The number of rotatable bonds is 5. The first-order chi connectivity index (χ1) is 9.13. The molecule has 0 aromatic carbocycles. The lowest BCUT2D eigenvalue weighted by atomic mass is 9.74. The van der Waals surface area contributed by atoms with Gasteiger partial charge in [0.05, 0.1) is 13.0 Å². The third-order valence-corrected chi connectivity index (χ3v) is 3.80. The minimum atomic E-state index is -0.138. The number of nitrogens with zero attached hydrogens (tertiary/aromatic N) is 2. The lowest BCUT2D eigenvalue weighted by molar-refractivity contribution is -0.121. The van der Waals surface area contributed by atoms with Crippen LogP contribution in [0.2, 0.25) is 0 Å². The SMILES string of the molecule is Cc1nc(CC(=O)NCC2(CO)CCCCC2)no1. The number of aliphatic hydroxyl groups excluding tert-OH is 1. The van der Waals surface area contributed by atoms with Crippen LogP contribution in [0.15, 0.2) is 4.52 Å². The van der Waals surface area contributed by atoms with E-state index in [0.717, 1.165) is 25.7 Å². The highest BCUT2D eigenvalue weighted by atomic mass is 16.5. The molecule has 0 atom stereocenters. The minimum Gasteiger partial charge on any atom is -0.396 e. The van der Waals surface area contributed by atoms with Gasteiger partial charge in [-0.3, -0.25) is 4.79 Å². The molecule has 0 bridgehead atoms. The number of amides is 1. The molecule has 0 radical (unpaired) electrons. The van der Waals surface area contributed by atoms with Crippen LogP contribution in [0.3, 0.4) is 0 Å². The zero-order chi connectivity index (χ0) is 13.7. The first-order valence-electron chi connectivity index (χ1n) is 6.80. The van der Waals surface area contributed by atoms with Gasteiger partial charge in [-0.05, 0) is 12.8 Å². The van der Waals surface area contributed by atoms with Crippen LogP contribution >= 0.6 is 0 Å². The van der Waals surface area contributed by atoms with E-state index in [2.05, 4.69) is 15.5 Å². The van der Waals surface area contributed by atoms with Crippen molar-refractivity contribution in [2.45, 2.75) is 45.4 Å². The van der Waals surface area contributed by atoms with Crippen molar-refractivity contribution in [1.82, 2.24) is 15.5 Å². The van der Waals surface area contributed by atoms with Crippen molar-refractivity contribution in [3.8, 4) is 0 Å². The molecule has 1 amide bonds. The second-order valence-electron chi connectivity index (χ2n) is 5.40. The van der Waals surface area contributed by atoms with E-state index in [0.29, 0.717) is 18.3 Å². The van der Waals surface area contributed by atoms with Crippen LogP contribution in [-0.4, -0.2) is 34.3 Å². The van der Waals surface area contributed by atoms with Crippen molar-refractivity contribution in [3.63, 3.8) is 0 Å². The third kappa shape index (κ3) is 3.76. The van der Waals surface area contributed by atoms with Gasteiger partial charge in [0.25, 0.3) is 0 Å². The Balaban J connectivity index is 1.82. The summed E-state index contributed by atoms with van der Waals surface area (Å²) < 4.78 is 4.82.